The van der Waals surface area contributed by atoms with Crippen molar-refractivity contribution in [2.45, 2.75) is 32.2 Å². The lowest BCUT2D eigenvalue weighted by molar-refractivity contribution is 0.403. The number of hydrogen-bond donors (Lipinski definition) is 1. The molecule has 1 atom stereocenters. The summed E-state index contributed by atoms with van der Waals surface area (Å²) in [5, 5.41) is 3.85. The number of halogens is 2. The lowest BCUT2D eigenvalue weighted by Crippen LogP contribution is -2.42. The Labute approximate surface area is 120 Å². The zero-order valence-corrected chi connectivity index (χ0v) is 12.4. The number of nitrogens with one attached hydrogen (secondary N) is 1. The summed E-state index contributed by atoms with van der Waals surface area (Å²) in [5.74, 6) is 0.898. The predicted octanol–water partition coefficient (Wildman–Crippen LogP) is 2.44. The Hall–Kier alpha value is -0.580. The Morgan fingerprint density at radius 1 is 1.44 bits per heavy atom. The third kappa shape index (κ3) is 4.26. The maximum Gasteiger partial charge on any atom is 0.224 e. The second-order valence-electron chi connectivity index (χ2n) is 4.66. The SMILES string of the molecule is Cc1cc(N(C)CC2CCCCN2)nc(Cl)n1.Cl. The Morgan fingerprint density at radius 3 is 2.83 bits per heavy atom. The fourth-order valence-corrected chi connectivity index (χ4v) is 2.44. The van der Waals surface area contributed by atoms with Gasteiger partial charge in [0.05, 0.1) is 0 Å². The lowest BCUT2D eigenvalue weighted by atomic mass is 10.0. The number of aromatic nitrogens is 2. The van der Waals surface area contributed by atoms with E-state index in [1.807, 2.05) is 20.0 Å². The van der Waals surface area contributed by atoms with E-state index in [4.69, 9.17) is 11.6 Å². The van der Waals surface area contributed by atoms with Gasteiger partial charge in [-0.3, -0.25) is 0 Å². The van der Waals surface area contributed by atoms with Gasteiger partial charge in [-0.25, -0.2) is 9.97 Å². The molecule has 1 N–H and O–H groups in total. The maximum absolute atomic E-state index is 5.87. The third-order valence-corrected chi connectivity index (χ3v) is 3.28. The first-order valence-corrected chi connectivity index (χ1v) is 6.48. The molecule has 1 fully saturated rings. The molecule has 0 aliphatic carbocycles. The van der Waals surface area contributed by atoms with Crippen LogP contribution in [-0.4, -0.2) is 36.1 Å². The number of likely N-dealkylation sites (N-methyl/N-ethyl adjacent to an activating group) is 1. The number of aryl methyl sites for hydroxylation is 1. The van der Waals surface area contributed by atoms with Crippen molar-refractivity contribution in [2.75, 3.05) is 25.0 Å². The minimum absolute atomic E-state index is 0. The van der Waals surface area contributed by atoms with Crippen LogP contribution >= 0.6 is 24.0 Å². The summed E-state index contributed by atoms with van der Waals surface area (Å²) in [6, 6.07) is 2.53. The molecule has 1 aliphatic rings. The zero-order valence-electron chi connectivity index (χ0n) is 10.8. The number of rotatable bonds is 3. The van der Waals surface area contributed by atoms with Crippen LogP contribution in [0.2, 0.25) is 5.28 Å². The number of piperidine rings is 1. The van der Waals surface area contributed by atoms with Crippen molar-refractivity contribution in [1.82, 2.24) is 15.3 Å². The average Bonchev–Trinajstić information content (AvgIpc) is 2.29. The third-order valence-electron chi connectivity index (χ3n) is 3.11. The molecule has 2 rings (SSSR count). The summed E-state index contributed by atoms with van der Waals surface area (Å²) < 4.78 is 0. The Balaban J connectivity index is 0.00000162. The molecule has 0 bridgehead atoms. The molecule has 0 spiro atoms. The fourth-order valence-electron chi connectivity index (χ4n) is 2.22. The Bertz CT molecular complexity index is 360. The van der Waals surface area contributed by atoms with Crippen molar-refractivity contribution in [3.8, 4) is 0 Å². The van der Waals surface area contributed by atoms with Gasteiger partial charge in [0.15, 0.2) is 0 Å². The van der Waals surface area contributed by atoms with Crippen LogP contribution in [0.1, 0.15) is 25.0 Å². The summed E-state index contributed by atoms with van der Waals surface area (Å²) in [6.07, 6.45) is 3.84. The summed E-state index contributed by atoms with van der Waals surface area (Å²) in [7, 11) is 2.05. The Morgan fingerprint density at radius 2 is 2.22 bits per heavy atom. The molecule has 1 aromatic rings. The minimum atomic E-state index is 0. The van der Waals surface area contributed by atoms with Gasteiger partial charge in [0.25, 0.3) is 0 Å². The van der Waals surface area contributed by atoms with Crippen LogP contribution in [0.15, 0.2) is 6.07 Å². The molecule has 6 heteroatoms. The fraction of sp³-hybridized carbons (Fsp3) is 0.667. The van der Waals surface area contributed by atoms with Crippen LogP contribution < -0.4 is 10.2 Å². The summed E-state index contributed by atoms with van der Waals surface area (Å²) in [6.45, 7) is 4.03. The van der Waals surface area contributed by atoms with Gasteiger partial charge in [0.2, 0.25) is 5.28 Å². The predicted molar refractivity (Wildman–Crippen MR) is 77.9 cm³/mol. The van der Waals surface area contributed by atoms with Gasteiger partial charge in [0.1, 0.15) is 5.82 Å². The first-order chi connectivity index (χ1) is 8.15. The molecule has 18 heavy (non-hydrogen) atoms. The average molecular weight is 291 g/mol. The van der Waals surface area contributed by atoms with Gasteiger partial charge in [0, 0.05) is 31.4 Å². The summed E-state index contributed by atoms with van der Waals surface area (Å²) >= 11 is 5.87. The molecule has 1 aliphatic heterocycles. The normalized spacial score (nSPS) is 19.2. The first kappa shape index (κ1) is 15.5. The topological polar surface area (TPSA) is 41.0 Å². The number of anilines is 1. The van der Waals surface area contributed by atoms with Gasteiger partial charge >= 0.3 is 0 Å². The van der Waals surface area contributed by atoms with Crippen LogP contribution in [-0.2, 0) is 0 Å². The van der Waals surface area contributed by atoms with E-state index in [0.717, 1.165) is 24.6 Å². The highest BCUT2D eigenvalue weighted by molar-refractivity contribution is 6.28. The van der Waals surface area contributed by atoms with E-state index in [1.54, 1.807) is 0 Å². The van der Waals surface area contributed by atoms with Gasteiger partial charge in [-0.05, 0) is 37.9 Å². The van der Waals surface area contributed by atoms with Crippen molar-refractivity contribution in [3.63, 3.8) is 0 Å². The van der Waals surface area contributed by atoms with E-state index in [2.05, 4.69) is 20.2 Å². The highest BCUT2D eigenvalue weighted by atomic mass is 35.5. The van der Waals surface area contributed by atoms with Crippen molar-refractivity contribution < 1.29 is 0 Å². The van der Waals surface area contributed by atoms with Gasteiger partial charge in [-0.1, -0.05) is 6.42 Å². The van der Waals surface area contributed by atoms with Crippen LogP contribution in [0.4, 0.5) is 5.82 Å². The van der Waals surface area contributed by atoms with E-state index in [-0.39, 0.29) is 12.4 Å². The summed E-state index contributed by atoms with van der Waals surface area (Å²) in [4.78, 5) is 10.5. The van der Waals surface area contributed by atoms with Gasteiger partial charge in [-0.2, -0.15) is 0 Å². The zero-order chi connectivity index (χ0) is 12.3. The standard InChI is InChI=1S/C12H19ClN4.ClH/c1-9-7-11(16-12(13)15-9)17(2)8-10-5-3-4-6-14-10;/h7,10,14H,3-6,8H2,1-2H3;1H. The molecule has 1 saturated heterocycles. The quantitative estimate of drug-likeness (QED) is 0.868. The van der Waals surface area contributed by atoms with Crippen LogP contribution in [0.5, 0.6) is 0 Å². The molecular weight excluding hydrogens is 271 g/mol. The van der Waals surface area contributed by atoms with Gasteiger partial charge in [-0.15, -0.1) is 12.4 Å². The number of hydrogen-bond acceptors (Lipinski definition) is 4. The molecule has 102 valence electrons. The van der Waals surface area contributed by atoms with Crippen LogP contribution in [0.25, 0.3) is 0 Å². The molecule has 1 aromatic heterocycles. The van der Waals surface area contributed by atoms with E-state index in [9.17, 15) is 0 Å². The monoisotopic (exact) mass is 290 g/mol. The van der Waals surface area contributed by atoms with E-state index in [1.165, 1.54) is 19.3 Å². The molecule has 2 heterocycles. The smallest absolute Gasteiger partial charge is 0.224 e. The molecular formula is C12H20Cl2N4. The van der Waals surface area contributed by atoms with E-state index < -0.39 is 0 Å². The van der Waals surface area contributed by atoms with Crippen molar-refractivity contribution >= 4 is 29.8 Å². The largest absolute Gasteiger partial charge is 0.358 e. The molecule has 0 saturated carbocycles. The molecule has 4 nitrogen and oxygen atoms in total. The van der Waals surface area contributed by atoms with E-state index >= 15 is 0 Å². The summed E-state index contributed by atoms with van der Waals surface area (Å²) in [5.41, 5.74) is 0.906. The van der Waals surface area contributed by atoms with Crippen LogP contribution in [0, 0.1) is 6.92 Å². The van der Waals surface area contributed by atoms with Gasteiger partial charge < -0.3 is 10.2 Å². The van der Waals surface area contributed by atoms with Crippen molar-refractivity contribution in [1.29, 1.82) is 0 Å². The lowest BCUT2D eigenvalue weighted by Gasteiger charge is -2.28. The van der Waals surface area contributed by atoms with Crippen molar-refractivity contribution in [3.05, 3.63) is 17.0 Å². The molecule has 1 unspecified atom stereocenters. The van der Waals surface area contributed by atoms with Crippen molar-refractivity contribution in [2.24, 2.45) is 0 Å². The highest BCUT2D eigenvalue weighted by Gasteiger charge is 2.15. The maximum atomic E-state index is 5.87. The Kier molecular flexibility index (Phi) is 6.12. The molecule has 0 aromatic carbocycles. The minimum Gasteiger partial charge on any atom is -0.358 e. The highest BCUT2D eigenvalue weighted by Crippen LogP contribution is 2.15. The molecule has 0 radical (unpaired) electrons. The number of nitrogens with zero attached hydrogens (tertiary/aromatic N) is 3. The second kappa shape index (κ2) is 7.12. The first-order valence-electron chi connectivity index (χ1n) is 6.11. The molecule has 0 amide bonds. The van der Waals surface area contributed by atoms with Crippen LogP contribution in [0.3, 0.4) is 0 Å². The second-order valence-corrected chi connectivity index (χ2v) is 5.00. The van der Waals surface area contributed by atoms with E-state index in [0.29, 0.717) is 11.3 Å².